The minimum atomic E-state index is -3.38. The highest BCUT2D eigenvalue weighted by Crippen LogP contribution is 2.20. The van der Waals surface area contributed by atoms with E-state index in [9.17, 15) is 8.42 Å². The minimum Gasteiger partial charge on any atom is -0.210 e. The highest BCUT2D eigenvalue weighted by molar-refractivity contribution is 9.10. The van der Waals surface area contributed by atoms with Crippen molar-refractivity contribution in [2.24, 2.45) is 0 Å². The topological polar surface area (TPSA) is 46.2 Å². The van der Waals surface area contributed by atoms with E-state index in [0.717, 1.165) is 0 Å². The predicted octanol–water partition coefficient (Wildman–Crippen LogP) is 2.12. The SMILES string of the molecule is O=S(=O)(NCCBr)c1ccccc1Br. The van der Waals surface area contributed by atoms with Gasteiger partial charge in [-0.05, 0) is 28.1 Å². The van der Waals surface area contributed by atoms with E-state index < -0.39 is 10.0 Å². The molecule has 0 spiro atoms. The molecule has 1 aromatic carbocycles. The third-order valence-corrected chi connectivity index (χ3v) is 4.38. The Morgan fingerprint density at radius 3 is 2.50 bits per heavy atom. The maximum Gasteiger partial charge on any atom is 0.241 e. The monoisotopic (exact) mass is 341 g/mol. The first kappa shape index (κ1) is 12.2. The van der Waals surface area contributed by atoms with Crippen LogP contribution in [0.25, 0.3) is 0 Å². The van der Waals surface area contributed by atoms with Crippen LogP contribution in [0.4, 0.5) is 0 Å². The van der Waals surface area contributed by atoms with Crippen LogP contribution < -0.4 is 4.72 Å². The number of hydrogen-bond donors (Lipinski definition) is 1. The zero-order valence-corrected chi connectivity index (χ0v) is 11.2. The molecule has 0 aromatic heterocycles. The van der Waals surface area contributed by atoms with Crippen molar-refractivity contribution in [1.29, 1.82) is 0 Å². The molecule has 0 radical (unpaired) electrons. The molecule has 1 N–H and O–H groups in total. The van der Waals surface area contributed by atoms with E-state index in [1.807, 2.05) is 0 Å². The highest BCUT2D eigenvalue weighted by Gasteiger charge is 2.15. The number of benzene rings is 1. The van der Waals surface area contributed by atoms with Gasteiger partial charge in [-0.3, -0.25) is 0 Å². The van der Waals surface area contributed by atoms with Crippen molar-refractivity contribution in [2.45, 2.75) is 4.90 Å². The molecule has 1 rings (SSSR count). The van der Waals surface area contributed by atoms with Gasteiger partial charge >= 0.3 is 0 Å². The lowest BCUT2D eigenvalue weighted by Crippen LogP contribution is -2.25. The van der Waals surface area contributed by atoms with E-state index in [2.05, 4.69) is 36.6 Å². The fourth-order valence-electron chi connectivity index (χ4n) is 0.913. The predicted molar refractivity (Wildman–Crippen MR) is 63.1 cm³/mol. The second-order valence-corrected chi connectivity index (χ2v) is 5.90. The summed E-state index contributed by atoms with van der Waals surface area (Å²) in [6, 6.07) is 6.71. The van der Waals surface area contributed by atoms with Crippen LogP contribution in [0.5, 0.6) is 0 Å². The van der Waals surface area contributed by atoms with Crippen molar-refractivity contribution in [1.82, 2.24) is 4.72 Å². The van der Waals surface area contributed by atoms with Gasteiger partial charge in [0.1, 0.15) is 0 Å². The first-order chi connectivity index (χ1) is 6.58. The standard InChI is InChI=1S/C8H9Br2NO2S/c9-5-6-11-14(12,13)8-4-2-1-3-7(8)10/h1-4,11H,5-6H2. The van der Waals surface area contributed by atoms with Gasteiger partial charge in [0, 0.05) is 16.3 Å². The first-order valence-electron chi connectivity index (χ1n) is 3.88. The fraction of sp³-hybridized carbons (Fsp3) is 0.250. The van der Waals surface area contributed by atoms with Crippen molar-refractivity contribution in [3.63, 3.8) is 0 Å². The molecule has 0 bridgehead atoms. The summed E-state index contributed by atoms with van der Waals surface area (Å²) in [6.07, 6.45) is 0. The van der Waals surface area contributed by atoms with Gasteiger partial charge in [-0.2, -0.15) is 0 Å². The molecule has 0 aliphatic heterocycles. The molecule has 0 amide bonds. The third-order valence-electron chi connectivity index (χ3n) is 1.51. The molecule has 3 nitrogen and oxygen atoms in total. The lowest BCUT2D eigenvalue weighted by molar-refractivity contribution is 0.584. The lowest BCUT2D eigenvalue weighted by Gasteiger charge is -2.06. The van der Waals surface area contributed by atoms with Crippen molar-refractivity contribution < 1.29 is 8.42 Å². The molecule has 0 atom stereocenters. The van der Waals surface area contributed by atoms with Crippen molar-refractivity contribution in [3.05, 3.63) is 28.7 Å². The van der Waals surface area contributed by atoms with Crippen LogP contribution in [0.1, 0.15) is 0 Å². The smallest absolute Gasteiger partial charge is 0.210 e. The Labute approximate surface area is 100 Å². The Balaban J connectivity index is 2.99. The summed E-state index contributed by atoms with van der Waals surface area (Å²) in [4.78, 5) is 0.265. The van der Waals surface area contributed by atoms with E-state index in [0.29, 0.717) is 16.3 Å². The molecule has 0 fully saturated rings. The molecule has 78 valence electrons. The summed E-state index contributed by atoms with van der Waals surface area (Å²) in [6.45, 7) is 0.379. The Bertz CT molecular complexity index is 406. The molecule has 6 heteroatoms. The molecule has 1 aromatic rings. The van der Waals surface area contributed by atoms with Crippen LogP contribution in [-0.4, -0.2) is 20.3 Å². The van der Waals surface area contributed by atoms with E-state index in [4.69, 9.17) is 0 Å². The average molecular weight is 343 g/mol. The van der Waals surface area contributed by atoms with Gasteiger partial charge in [0.25, 0.3) is 0 Å². The van der Waals surface area contributed by atoms with Gasteiger partial charge in [-0.1, -0.05) is 28.1 Å². The highest BCUT2D eigenvalue weighted by atomic mass is 79.9. The van der Waals surface area contributed by atoms with Gasteiger partial charge in [0.05, 0.1) is 4.90 Å². The summed E-state index contributed by atoms with van der Waals surface area (Å²) in [5.74, 6) is 0. The number of alkyl halides is 1. The molecule has 0 aliphatic rings. The fourth-order valence-corrected chi connectivity index (χ4v) is 3.41. The summed E-state index contributed by atoms with van der Waals surface area (Å²) < 4.78 is 26.3. The van der Waals surface area contributed by atoms with Crippen LogP contribution in [0.2, 0.25) is 0 Å². The van der Waals surface area contributed by atoms with Gasteiger partial charge in [0.2, 0.25) is 10.0 Å². The Morgan fingerprint density at radius 2 is 1.93 bits per heavy atom. The molecular weight excluding hydrogens is 334 g/mol. The maximum atomic E-state index is 11.6. The van der Waals surface area contributed by atoms with Crippen LogP contribution >= 0.6 is 31.9 Å². The normalized spacial score (nSPS) is 11.6. The number of hydrogen-bond acceptors (Lipinski definition) is 2. The summed E-state index contributed by atoms with van der Waals surface area (Å²) in [7, 11) is -3.38. The summed E-state index contributed by atoms with van der Waals surface area (Å²) in [5.41, 5.74) is 0. The third kappa shape index (κ3) is 3.05. The summed E-state index contributed by atoms with van der Waals surface area (Å²) >= 11 is 6.35. The minimum absolute atomic E-state index is 0.265. The molecule has 0 aliphatic carbocycles. The van der Waals surface area contributed by atoms with Crippen LogP contribution in [0.3, 0.4) is 0 Å². The molecular formula is C8H9Br2NO2S. The Kier molecular flexibility index (Phi) is 4.56. The average Bonchev–Trinajstić information content (AvgIpc) is 2.15. The van der Waals surface area contributed by atoms with Gasteiger partial charge in [-0.15, -0.1) is 0 Å². The quantitative estimate of drug-likeness (QED) is 0.852. The number of sulfonamides is 1. The van der Waals surface area contributed by atoms with E-state index >= 15 is 0 Å². The van der Waals surface area contributed by atoms with Crippen LogP contribution in [0.15, 0.2) is 33.6 Å². The lowest BCUT2D eigenvalue weighted by atomic mass is 10.4. The number of rotatable bonds is 4. The van der Waals surface area contributed by atoms with Gasteiger partial charge in [-0.25, -0.2) is 13.1 Å². The molecule has 0 heterocycles. The van der Waals surface area contributed by atoms with E-state index in [1.165, 1.54) is 0 Å². The molecule has 0 saturated heterocycles. The zero-order chi connectivity index (χ0) is 10.6. The Hall–Kier alpha value is 0.0900. The number of nitrogens with one attached hydrogen (secondary N) is 1. The second-order valence-electron chi connectivity index (χ2n) is 2.52. The molecule has 0 unspecified atom stereocenters. The van der Waals surface area contributed by atoms with Gasteiger partial charge < -0.3 is 0 Å². The molecule has 14 heavy (non-hydrogen) atoms. The zero-order valence-electron chi connectivity index (χ0n) is 7.20. The van der Waals surface area contributed by atoms with Gasteiger partial charge in [0.15, 0.2) is 0 Å². The largest absolute Gasteiger partial charge is 0.241 e. The van der Waals surface area contributed by atoms with Crippen LogP contribution in [-0.2, 0) is 10.0 Å². The van der Waals surface area contributed by atoms with Crippen molar-refractivity contribution in [3.8, 4) is 0 Å². The van der Waals surface area contributed by atoms with Crippen LogP contribution in [0, 0.1) is 0 Å². The first-order valence-corrected chi connectivity index (χ1v) is 7.28. The summed E-state index contributed by atoms with van der Waals surface area (Å²) in [5, 5.41) is 0.594. The second kappa shape index (κ2) is 5.25. The van der Waals surface area contributed by atoms with Crippen molar-refractivity contribution in [2.75, 3.05) is 11.9 Å². The van der Waals surface area contributed by atoms with Crippen molar-refractivity contribution >= 4 is 41.9 Å². The number of halogens is 2. The van der Waals surface area contributed by atoms with E-state index in [1.54, 1.807) is 24.3 Å². The molecule has 0 saturated carbocycles. The van der Waals surface area contributed by atoms with E-state index in [-0.39, 0.29) is 4.90 Å². The maximum absolute atomic E-state index is 11.6. The Morgan fingerprint density at radius 1 is 1.29 bits per heavy atom.